The van der Waals surface area contributed by atoms with Crippen LogP contribution in [0.4, 0.5) is 11.4 Å². The Morgan fingerprint density at radius 2 is 2.00 bits per heavy atom. The maximum Gasteiger partial charge on any atom is 0.250 e. The van der Waals surface area contributed by atoms with E-state index < -0.39 is 11.5 Å². The smallest absolute Gasteiger partial charge is 0.250 e. The van der Waals surface area contributed by atoms with E-state index in [4.69, 9.17) is 21.1 Å². The Morgan fingerprint density at radius 1 is 1.24 bits per heavy atom. The molecule has 2 aliphatic rings. The molecule has 2 aliphatic heterocycles. The van der Waals surface area contributed by atoms with Gasteiger partial charge in [0.25, 0.3) is 0 Å². The number of benzene rings is 2. The summed E-state index contributed by atoms with van der Waals surface area (Å²) < 4.78 is 10.7. The van der Waals surface area contributed by atoms with Crippen LogP contribution in [-0.4, -0.2) is 32.1 Å². The van der Waals surface area contributed by atoms with E-state index in [0.29, 0.717) is 34.5 Å². The maximum atomic E-state index is 13.7. The number of halogens is 1. The van der Waals surface area contributed by atoms with Gasteiger partial charge in [0, 0.05) is 28.4 Å². The third-order valence-electron chi connectivity index (χ3n) is 6.53. The molecule has 0 aliphatic carbocycles. The van der Waals surface area contributed by atoms with Crippen LogP contribution in [0.2, 0.25) is 5.02 Å². The summed E-state index contributed by atoms with van der Waals surface area (Å²) in [5.74, 6) is 0.376. The standard InChI is InChI=1S/C25H30ClN3O4/c1-13(2)8-16-11-19(23(30)27-20-12-17(32-4)6-7-21(20)33-5)25(29-16)18-10-15(26)9-14(3)22(18)28-24(25)31/h6-7,9-10,12-13,16,19,29H,8,11H2,1-5H3,(H,27,30)(H,28,31)/t16-,19-,25+/m0/s1. The molecule has 33 heavy (non-hydrogen) atoms. The van der Waals surface area contributed by atoms with Crippen LogP contribution in [0.1, 0.15) is 37.8 Å². The van der Waals surface area contributed by atoms with Gasteiger partial charge in [-0.05, 0) is 55.5 Å². The zero-order valence-electron chi connectivity index (χ0n) is 19.5. The molecule has 2 amide bonds. The lowest BCUT2D eigenvalue weighted by molar-refractivity contribution is -0.130. The van der Waals surface area contributed by atoms with E-state index in [9.17, 15) is 9.59 Å². The second-order valence-corrected chi connectivity index (χ2v) is 9.66. The number of amides is 2. The molecule has 176 valence electrons. The molecule has 0 saturated carbocycles. The van der Waals surface area contributed by atoms with E-state index in [0.717, 1.165) is 23.2 Å². The minimum atomic E-state index is -1.19. The fourth-order valence-electron chi connectivity index (χ4n) is 5.15. The number of ether oxygens (including phenoxy) is 2. The third-order valence-corrected chi connectivity index (χ3v) is 6.75. The highest BCUT2D eigenvalue weighted by molar-refractivity contribution is 6.31. The van der Waals surface area contributed by atoms with Crippen molar-refractivity contribution in [2.24, 2.45) is 11.8 Å². The SMILES string of the molecule is COc1ccc(OC)c(NC(=O)[C@@H]2C[C@H](CC(C)C)N[C@@]23C(=O)Nc2c(C)cc(Cl)cc23)c1. The molecule has 3 atom stereocenters. The van der Waals surface area contributed by atoms with Crippen LogP contribution >= 0.6 is 11.6 Å². The Balaban J connectivity index is 1.77. The zero-order valence-corrected chi connectivity index (χ0v) is 20.3. The summed E-state index contributed by atoms with van der Waals surface area (Å²) in [5, 5.41) is 10.1. The van der Waals surface area contributed by atoms with Crippen LogP contribution in [-0.2, 0) is 15.1 Å². The first-order valence-corrected chi connectivity index (χ1v) is 11.5. The number of hydrogen-bond acceptors (Lipinski definition) is 5. The minimum Gasteiger partial charge on any atom is -0.497 e. The van der Waals surface area contributed by atoms with Gasteiger partial charge >= 0.3 is 0 Å². The monoisotopic (exact) mass is 471 g/mol. The van der Waals surface area contributed by atoms with Gasteiger partial charge in [-0.25, -0.2) is 0 Å². The summed E-state index contributed by atoms with van der Waals surface area (Å²) in [4.78, 5) is 27.2. The van der Waals surface area contributed by atoms with Crippen molar-refractivity contribution < 1.29 is 19.1 Å². The highest BCUT2D eigenvalue weighted by atomic mass is 35.5. The van der Waals surface area contributed by atoms with Gasteiger partial charge < -0.3 is 20.1 Å². The van der Waals surface area contributed by atoms with Crippen LogP contribution in [0.5, 0.6) is 11.5 Å². The molecule has 2 aromatic carbocycles. The molecule has 8 heteroatoms. The number of anilines is 2. The Bertz CT molecular complexity index is 1100. The van der Waals surface area contributed by atoms with Crippen molar-refractivity contribution in [3.8, 4) is 11.5 Å². The fourth-order valence-corrected chi connectivity index (χ4v) is 5.42. The summed E-state index contributed by atoms with van der Waals surface area (Å²) >= 11 is 6.39. The first-order chi connectivity index (χ1) is 15.7. The van der Waals surface area contributed by atoms with Gasteiger partial charge in [0.15, 0.2) is 0 Å². The molecule has 2 heterocycles. The quantitative estimate of drug-likeness (QED) is 0.578. The summed E-state index contributed by atoms with van der Waals surface area (Å²) in [6, 6.07) is 8.82. The lowest BCUT2D eigenvalue weighted by Crippen LogP contribution is -2.52. The van der Waals surface area contributed by atoms with Crippen LogP contribution in [0, 0.1) is 18.8 Å². The van der Waals surface area contributed by atoms with E-state index in [-0.39, 0.29) is 17.9 Å². The fraction of sp³-hybridized carbons (Fsp3) is 0.440. The Hall–Kier alpha value is -2.77. The van der Waals surface area contributed by atoms with Crippen molar-refractivity contribution in [2.75, 3.05) is 24.9 Å². The van der Waals surface area contributed by atoms with E-state index in [2.05, 4.69) is 29.8 Å². The number of rotatable bonds is 6. The maximum absolute atomic E-state index is 13.7. The normalized spacial score (nSPS) is 23.5. The van der Waals surface area contributed by atoms with Crippen LogP contribution in [0.3, 0.4) is 0 Å². The predicted molar refractivity (Wildman–Crippen MR) is 129 cm³/mol. The molecular weight excluding hydrogens is 442 g/mol. The molecule has 0 bridgehead atoms. The molecule has 0 radical (unpaired) electrons. The lowest BCUT2D eigenvalue weighted by Gasteiger charge is -2.29. The zero-order chi connectivity index (χ0) is 23.9. The highest BCUT2D eigenvalue weighted by Crippen LogP contribution is 2.50. The van der Waals surface area contributed by atoms with Gasteiger partial charge in [-0.3, -0.25) is 14.9 Å². The Morgan fingerprint density at radius 3 is 2.67 bits per heavy atom. The number of fused-ring (bicyclic) bond motifs is 2. The van der Waals surface area contributed by atoms with Crippen LogP contribution in [0.15, 0.2) is 30.3 Å². The predicted octanol–water partition coefficient (Wildman–Crippen LogP) is 4.48. The van der Waals surface area contributed by atoms with Crippen molar-refractivity contribution in [1.29, 1.82) is 0 Å². The molecule has 3 N–H and O–H groups in total. The second kappa shape index (κ2) is 8.88. The van der Waals surface area contributed by atoms with Crippen molar-refractivity contribution in [3.63, 3.8) is 0 Å². The van der Waals surface area contributed by atoms with Gasteiger partial charge in [-0.15, -0.1) is 0 Å². The summed E-state index contributed by atoms with van der Waals surface area (Å²) in [7, 11) is 3.10. The molecule has 0 unspecified atom stereocenters. The lowest BCUT2D eigenvalue weighted by atomic mass is 9.79. The first-order valence-electron chi connectivity index (χ1n) is 11.1. The molecule has 0 aromatic heterocycles. The number of nitrogens with one attached hydrogen (secondary N) is 3. The Labute approximate surface area is 199 Å². The van der Waals surface area contributed by atoms with Crippen LogP contribution in [0.25, 0.3) is 0 Å². The molecule has 1 saturated heterocycles. The van der Waals surface area contributed by atoms with Gasteiger partial charge in [-0.1, -0.05) is 25.4 Å². The molecule has 4 rings (SSSR count). The van der Waals surface area contributed by atoms with Gasteiger partial charge in [-0.2, -0.15) is 0 Å². The van der Waals surface area contributed by atoms with Crippen LogP contribution < -0.4 is 25.4 Å². The van der Waals surface area contributed by atoms with Gasteiger partial charge in [0.2, 0.25) is 11.8 Å². The van der Waals surface area contributed by atoms with Crippen molar-refractivity contribution in [3.05, 3.63) is 46.5 Å². The summed E-state index contributed by atoms with van der Waals surface area (Å²) in [6.07, 6.45) is 1.37. The number of aryl methyl sites for hydroxylation is 1. The van der Waals surface area contributed by atoms with E-state index in [1.54, 1.807) is 38.5 Å². The largest absolute Gasteiger partial charge is 0.497 e. The second-order valence-electron chi connectivity index (χ2n) is 9.22. The molecule has 7 nitrogen and oxygen atoms in total. The average Bonchev–Trinajstić information content (AvgIpc) is 3.27. The van der Waals surface area contributed by atoms with Gasteiger partial charge in [0.1, 0.15) is 17.0 Å². The summed E-state index contributed by atoms with van der Waals surface area (Å²) in [6.45, 7) is 6.17. The molecular formula is C25H30ClN3O4. The average molecular weight is 472 g/mol. The minimum absolute atomic E-state index is 0.00365. The molecule has 2 aromatic rings. The number of hydrogen-bond donors (Lipinski definition) is 3. The van der Waals surface area contributed by atoms with Crippen molar-refractivity contribution in [1.82, 2.24) is 5.32 Å². The van der Waals surface area contributed by atoms with Gasteiger partial charge in [0.05, 0.1) is 25.8 Å². The number of methoxy groups -OCH3 is 2. The molecule has 1 fully saturated rings. The first kappa shape index (κ1) is 23.4. The Kier molecular flexibility index (Phi) is 6.29. The third kappa shape index (κ3) is 4.04. The van der Waals surface area contributed by atoms with Crippen molar-refractivity contribution >= 4 is 34.8 Å². The number of carbonyl (C=O) groups is 2. The summed E-state index contributed by atoms with van der Waals surface area (Å²) in [5.41, 5.74) is 1.61. The van der Waals surface area contributed by atoms with E-state index in [1.807, 2.05) is 13.0 Å². The topological polar surface area (TPSA) is 88.7 Å². The molecule has 1 spiro atoms. The van der Waals surface area contributed by atoms with Crippen molar-refractivity contribution in [2.45, 2.75) is 45.2 Å². The van der Waals surface area contributed by atoms with E-state index >= 15 is 0 Å². The number of carbonyl (C=O) groups excluding carboxylic acids is 2. The highest BCUT2D eigenvalue weighted by Gasteiger charge is 2.60. The van der Waals surface area contributed by atoms with E-state index in [1.165, 1.54) is 0 Å².